The second kappa shape index (κ2) is 4.72. The van der Waals surface area contributed by atoms with E-state index in [1.165, 1.54) is 0 Å². The van der Waals surface area contributed by atoms with Crippen molar-refractivity contribution in [2.24, 2.45) is 5.73 Å². The molecule has 2 aromatic carbocycles. The summed E-state index contributed by atoms with van der Waals surface area (Å²) in [5.74, 6) is 0. The van der Waals surface area contributed by atoms with Crippen molar-refractivity contribution in [2.45, 2.75) is 6.17 Å². The van der Waals surface area contributed by atoms with E-state index < -0.39 is 0 Å². The molecule has 0 spiro atoms. The first-order chi connectivity index (χ1) is 9.13. The van der Waals surface area contributed by atoms with Crippen molar-refractivity contribution in [3.8, 4) is 0 Å². The van der Waals surface area contributed by atoms with Gasteiger partial charge in [-0.1, -0.05) is 48.1 Å². The van der Waals surface area contributed by atoms with Crippen molar-refractivity contribution in [2.75, 3.05) is 10.6 Å². The van der Waals surface area contributed by atoms with Crippen LogP contribution in [-0.2, 0) is 0 Å². The van der Waals surface area contributed by atoms with Crippen molar-refractivity contribution in [3.05, 3.63) is 58.6 Å². The zero-order valence-electron chi connectivity index (χ0n) is 9.98. The Morgan fingerprint density at radius 2 is 1.74 bits per heavy atom. The van der Waals surface area contributed by atoms with E-state index in [1.54, 1.807) is 0 Å². The molecular weight excluding hydrogens is 278 g/mol. The minimum absolute atomic E-state index is 0.0360. The summed E-state index contributed by atoms with van der Waals surface area (Å²) in [4.78, 5) is 0.411. The van der Waals surface area contributed by atoms with Crippen LogP contribution in [0.1, 0.15) is 17.3 Å². The maximum Gasteiger partial charge on any atom is 0.123 e. The Hall–Kier alpha value is -1.78. The van der Waals surface area contributed by atoms with E-state index in [0.29, 0.717) is 4.99 Å². The van der Waals surface area contributed by atoms with Crippen molar-refractivity contribution >= 4 is 40.2 Å². The van der Waals surface area contributed by atoms with Gasteiger partial charge in [-0.2, -0.15) is 0 Å². The van der Waals surface area contributed by atoms with Crippen LogP contribution in [0.25, 0.3) is 0 Å². The highest BCUT2D eigenvalue weighted by molar-refractivity contribution is 7.80. The van der Waals surface area contributed by atoms with E-state index in [2.05, 4.69) is 10.6 Å². The van der Waals surface area contributed by atoms with Crippen LogP contribution in [-0.4, -0.2) is 4.99 Å². The van der Waals surface area contributed by atoms with Crippen LogP contribution < -0.4 is 16.4 Å². The summed E-state index contributed by atoms with van der Waals surface area (Å²) in [7, 11) is 0. The molecule has 0 amide bonds. The Labute approximate surface area is 121 Å². The van der Waals surface area contributed by atoms with E-state index >= 15 is 0 Å². The molecule has 1 aliphatic heterocycles. The molecule has 3 nitrogen and oxygen atoms in total. The number of hydrogen-bond donors (Lipinski definition) is 3. The van der Waals surface area contributed by atoms with Crippen molar-refractivity contribution in [3.63, 3.8) is 0 Å². The average Bonchev–Trinajstić information content (AvgIpc) is 2.81. The lowest BCUT2D eigenvalue weighted by molar-refractivity contribution is 0.941. The standard InChI is InChI=1S/C14H12ClN3S/c15-10-5-6-11-12(7-10)18-14(17-11)9-3-1-8(2-4-9)13(16)19/h1-7,14,17-18H,(H2,16,19)/t14-/m1/s1. The monoisotopic (exact) mass is 289 g/mol. The third-order valence-electron chi connectivity index (χ3n) is 3.11. The predicted octanol–water partition coefficient (Wildman–Crippen LogP) is 3.51. The Bertz CT molecular complexity index is 640. The molecule has 0 aliphatic carbocycles. The van der Waals surface area contributed by atoms with Crippen LogP contribution in [0.2, 0.25) is 5.02 Å². The molecule has 0 unspecified atom stereocenters. The first kappa shape index (κ1) is 12.3. The summed E-state index contributed by atoms with van der Waals surface area (Å²) in [5, 5.41) is 7.49. The molecule has 4 N–H and O–H groups in total. The fourth-order valence-corrected chi connectivity index (χ4v) is 2.42. The predicted molar refractivity (Wildman–Crippen MR) is 83.8 cm³/mol. The molecule has 0 radical (unpaired) electrons. The average molecular weight is 290 g/mol. The molecule has 1 atom stereocenters. The molecule has 1 heterocycles. The van der Waals surface area contributed by atoms with Gasteiger partial charge in [-0.25, -0.2) is 0 Å². The summed E-state index contributed by atoms with van der Waals surface area (Å²) in [6, 6.07) is 13.6. The smallest absolute Gasteiger partial charge is 0.123 e. The second-order valence-corrected chi connectivity index (χ2v) is 5.27. The van der Waals surface area contributed by atoms with Gasteiger partial charge in [0.1, 0.15) is 11.2 Å². The molecular formula is C14H12ClN3S. The number of rotatable bonds is 2. The van der Waals surface area contributed by atoms with E-state index in [4.69, 9.17) is 29.6 Å². The number of nitrogens with two attached hydrogens (primary N) is 1. The Morgan fingerprint density at radius 1 is 1.05 bits per heavy atom. The molecule has 0 bridgehead atoms. The highest BCUT2D eigenvalue weighted by atomic mass is 35.5. The Kier molecular flexibility index (Phi) is 3.05. The van der Waals surface area contributed by atoms with E-state index in [1.807, 2.05) is 42.5 Å². The van der Waals surface area contributed by atoms with Gasteiger partial charge in [0.2, 0.25) is 0 Å². The second-order valence-electron chi connectivity index (χ2n) is 4.40. The number of fused-ring (bicyclic) bond motifs is 1. The van der Waals surface area contributed by atoms with Crippen LogP contribution >= 0.6 is 23.8 Å². The highest BCUT2D eigenvalue weighted by Crippen LogP contribution is 2.36. The molecule has 19 heavy (non-hydrogen) atoms. The largest absolute Gasteiger partial charge is 0.389 e. The lowest BCUT2D eigenvalue weighted by Crippen LogP contribution is -2.13. The summed E-state index contributed by atoms with van der Waals surface area (Å²) in [6.45, 7) is 0. The summed E-state index contributed by atoms with van der Waals surface area (Å²) in [5.41, 5.74) is 9.64. The topological polar surface area (TPSA) is 50.1 Å². The van der Waals surface area contributed by atoms with Gasteiger partial charge in [-0.05, 0) is 23.8 Å². The summed E-state index contributed by atoms with van der Waals surface area (Å²) >= 11 is 10.9. The molecule has 5 heteroatoms. The molecule has 96 valence electrons. The maximum absolute atomic E-state index is 5.98. The third kappa shape index (κ3) is 2.37. The minimum atomic E-state index is 0.0360. The first-order valence-electron chi connectivity index (χ1n) is 5.86. The van der Waals surface area contributed by atoms with Gasteiger partial charge in [-0.15, -0.1) is 0 Å². The van der Waals surface area contributed by atoms with Crippen LogP contribution in [0.15, 0.2) is 42.5 Å². The fourth-order valence-electron chi connectivity index (χ4n) is 2.12. The van der Waals surface area contributed by atoms with Crippen molar-refractivity contribution in [1.29, 1.82) is 0 Å². The summed E-state index contributed by atoms with van der Waals surface area (Å²) in [6.07, 6.45) is 0.0360. The van der Waals surface area contributed by atoms with Gasteiger partial charge >= 0.3 is 0 Å². The molecule has 0 aromatic heterocycles. The highest BCUT2D eigenvalue weighted by Gasteiger charge is 2.20. The van der Waals surface area contributed by atoms with Crippen LogP contribution in [0.5, 0.6) is 0 Å². The SMILES string of the molecule is NC(=S)c1ccc([C@@H]2Nc3ccc(Cl)cc3N2)cc1. The van der Waals surface area contributed by atoms with Crippen LogP contribution in [0, 0.1) is 0 Å². The summed E-state index contributed by atoms with van der Waals surface area (Å²) < 4.78 is 0. The molecule has 0 fully saturated rings. The number of nitrogens with one attached hydrogen (secondary N) is 2. The molecule has 1 aliphatic rings. The van der Waals surface area contributed by atoms with Crippen molar-refractivity contribution < 1.29 is 0 Å². The molecule has 0 saturated carbocycles. The van der Waals surface area contributed by atoms with E-state index in [0.717, 1.165) is 27.5 Å². The van der Waals surface area contributed by atoms with Gasteiger partial charge in [0.25, 0.3) is 0 Å². The third-order valence-corrected chi connectivity index (χ3v) is 3.58. The minimum Gasteiger partial charge on any atom is -0.389 e. The lowest BCUT2D eigenvalue weighted by Gasteiger charge is -2.13. The zero-order valence-corrected chi connectivity index (χ0v) is 11.6. The first-order valence-corrected chi connectivity index (χ1v) is 6.64. The number of hydrogen-bond acceptors (Lipinski definition) is 3. The number of anilines is 2. The lowest BCUT2D eigenvalue weighted by atomic mass is 10.1. The van der Waals surface area contributed by atoms with Gasteiger partial charge < -0.3 is 16.4 Å². The van der Waals surface area contributed by atoms with E-state index in [-0.39, 0.29) is 6.17 Å². The van der Waals surface area contributed by atoms with Gasteiger partial charge in [0.05, 0.1) is 11.4 Å². The van der Waals surface area contributed by atoms with Gasteiger partial charge in [-0.3, -0.25) is 0 Å². The number of halogens is 1. The van der Waals surface area contributed by atoms with Gasteiger partial charge in [0.15, 0.2) is 0 Å². The molecule has 3 rings (SSSR count). The quantitative estimate of drug-likeness (QED) is 0.741. The normalized spacial score (nSPS) is 16.4. The van der Waals surface area contributed by atoms with Gasteiger partial charge in [0, 0.05) is 10.6 Å². The number of thiocarbonyl (C=S) groups is 1. The zero-order chi connectivity index (χ0) is 13.4. The molecule has 0 saturated heterocycles. The maximum atomic E-state index is 5.98. The molecule has 2 aromatic rings. The van der Waals surface area contributed by atoms with Crippen LogP contribution in [0.4, 0.5) is 11.4 Å². The Balaban J connectivity index is 1.84. The van der Waals surface area contributed by atoms with E-state index in [9.17, 15) is 0 Å². The van der Waals surface area contributed by atoms with Crippen molar-refractivity contribution in [1.82, 2.24) is 0 Å². The van der Waals surface area contributed by atoms with Crippen LogP contribution in [0.3, 0.4) is 0 Å². The fraction of sp³-hybridized carbons (Fsp3) is 0.0714. The number of benzene rings is 2. The Morgan fingerprint density at radius 3 is 2.42 bits per heavy atom.